The highest BCUT2D eigenvalue weighted by Crippen LogP contribution is 2.34. The van der Waals surface area contributed by atoms with Crippen LogP contribution < -0.4 is 0 Å². The van der Waals surface area contributed by atoms with Gasteiger partial charge in [0.25, 0.3) is 5.91 Å². The smallest absolute Gasteiger partial charge is 0.256 e. The van der Waals surface area contributed by atoms with E-state index in [2.05, 4.69) is 4.90 Å². The summed E-state index contributed by atoms with van der Waals surface area (Å²) in [6.45, 7) is 1.72. The first-order valence-corrected chi connectivity index (χ1v) is 6.50. The van der Waals surface area contributed by atoms with Gasteiger partial charge in [0.15, 0.2) is 6.10 Å². The third-order valence-electron chi connectivity index (χ3n) is 4.05. The van der Waals surface area contributed by atoms with Crippen LogP contribution in [0.15, 0.2) is 24.3 Å². The van der Waals surface area contributed by atoms with Gasteiger partial charge >= 0.3 is 0 Å². The number of aliphatic hydroxyl groups excluding tert-OH is 1. The fourth-order valence-electron chi connectivity index (χ4n) is 3.11. The molecule has 3 fully saturated rings. The van der Waals surface area contributed by atoms with Crippen molar-refractivity contribution < 1.29 is 14.3 Å². The predicted octanol–water partition coefficient (Wildman–Crippen LogP) is 0.774. The highest BCUT2D eigenvalue weighted by molar-refractivity contribution is 5.83. The number of hydrogen-bond donors (Lipinski definition) is 1. The van der Waals surface area contributed by atoms with E-state index in [9.17, 15) is 14.3 Å². The molecule has 5 heteroatoms. The lowest BCUT2D eigenvalue weighted by Crippen LogP contribution is -2.70. The van der Waals surface area contributed by atoms with Crippen molar-refractivity contribution in [3.8, 4) is 0 Å². The van der Waals surface area contributed by atoms with Crippen LogP contribution in [0.2, 0.25) is 0 Å². The maximum atomic E-state index is 12.8. The van der Waals surface area contributed by atoms with Crippen molar-refractivity contribution in [2.75, 3.05) is 20.1 Å². The maximum Gasteiger partial charge on any atom is 0.256 e. The molecule has 0 aromatic heterocycles. The van der Waals surface area contributed by atoms with Gasteiger partial charge in [-0.1, -0.05) is 12.1 Å². The molecule has 4 rings (SSSR count). The van der Waals surface area contributed by atoms with Crippen LogP contribution >= 0.6 is 0 Å². The number of piperidine rings is 1. The number of fused-ring (bicyclic) bond motifs is 2. The highest BCUT2D eigenvalue weighted by Gasteiger charge is 2.47. The molecular weight excluding hydrogens is 247 g/mol. The molecule has 1 aromatic rings. The second-order valence-electron chi connectivity index (χ2n) is 5.46. The van der Waals surface area contributed by atoms with Crippen LogP contribution in [0.25, 0.3) is 0 Å². The Balaban J connectivity index is 1.72. The van der Waals surface area contributed by atoms with Crippen molar-refractivity contribution in [3.63, 3.8) is 0 Å². The van der Waals surface area contributed by atoms with Gasteiger partial charge in [0.05, 0.1) is 0 Å². The average molecular weight is 264 g/mol. The van der Waals surface area contributed by atoms with E-state index >= 15 is 0 Å². The normalized spacial score (nSPS) is 27.8. The number of aliphatic hydroxyl groups is 1. The molecular formula is C14H17FN2O2. The van der Waals surface area contributed by atoms with E-state index in [1.165, 1.54) is 24.3 Å². The van der Waals surface area contributed by atoms with Gasteiger partial charge in [-0.25, -0.2) is 4.39 Å². The zero-order valence-corrected chi connectivity index (χ0v) is 10.8. The fourth-order valence-corrected chi connectivity index (χ4v) is 3.11. The molecule has 1 amide bonds. The molecule has 3 aliphatic heterocycles. The number of nitrogens with zero attached hydrogens (tertiary/aromatic N) is 2. The molecule has 4 nitrogen and oxygen atoms in total. The second-order valence-corrected chi connectivity index (χ2v) is 5.46. The Hall–Kier alpha value is -1.46. The summed E-state index contributed by atoms with van der Waals surface area (Å²) in [6, 6.07) is 5.87. The first-order chi connectivity index (χ1) is 9.06. The number of piperazine rings is 1. The molecule has 3 unspecified atom stereocenters. The van der Waals surface area contributed by atoms with E-state index in [1.807, 2.05) is 7.05 Å². The van der Waals surface area contributed by atoms with Crippen molar-refractivity contribution in [2.45, 2.75) is 24.6 Å². The number of likely N-dealkylation sites (N-methyl/N-ethyl adjacent to an activating group) is 1. The first-order valence-electron chi connectivity index (χ1n) is 6.50. The van der Waals surface area contributed by atoms with Gasteiger partial charge in [-0.2, -0.15) is 0 Å². The summed E-state index contributed by atoms with van der Waals surface area (Å²) < 4.78 is 12.8. The maximum absolute atomic E-state index is 12.8. The van der Waals surface area contributed by atoms with E-state index in [4.69, 9.17) is 0 Å². The van der Waals surface area contributed by atoms with E-state index in [0.717, 1.165) is 19.5 Å². The van der Waals surface area contributed by atoms with Gasteiger partial charge in [0.1, 0.15) is 5.82 Å². The first kappa shape index (κ1) is 12.6. The van der Waals surface area contributed by atoms with Crippen molar-refractivity contribution in [3.05, 3.63) is 35.6 Å². The van der Waals surface area contributed by atoms with Gasteiger partial charge in [0.2, 0.25) is 0 Å². The molecule has 2 bridgehead atoms. The minimum absolute atomic E-state index is 0.214. The van der Waals surface area contributed by atoms with Crippen LogP contribution in [-0.4, -0.2) is 53.0 Å². The van der Waals surface area contributed by atoms with Gasteiger partial charge < -0.3 is 14.9 Å². The molecule has 3 aliphatic rings. The number of amides is 1. The standard InChI is InChI=1S/C14H17FN2O2/c1-16-7-11-6-12(8-16)17(11)14(19)13(18)9-2-4-10(15)5-3-9/h2-5,11-13,18H,6-8H2,1H3. The summed E-state index contributed by atoms with van der Waals surface area (Å²) in [6.07, 6.45) is -0.166. The fraction of sp³-hybridized carbons (Fsp3) is 0.500. The van der Waals surface area contributed by atoms with Crippen molar-refractivity contribution in [1.82, 2.24) is 9.80 Å². The molecule has 19 heavy (non-hydrogen) atoms. The quantitative estimate of drug-likeness (QED) is 0.858. The molecule has 1 N–H and O–H groups in total. The third-order valence-corrected chi connectivity index (χ3v) is 4.05. The van der Waals surface area contributed by atoms with Crippen molar-refractivity contribution in [1.29, 1.82) is 0 Å². The molecule has 0 aliphatic carbocycles. The molecule has 3 heterocycles. The number of hydrogen-bond acceptors (Lipinski definition) is 3. The predicted molar refractivity (Wildman–Crippen MR) is 67.9 cm³/mol. The molecule has 3 saturated heterocycles. The van der Waals surface area contributed by atoms with Gasteiger partial charge in [-0.05, 0) is 31.2 Å². The summed E-state index contributed by atoms with van der Waals surface area (Å²) in [5.41, 5.74) is 0.449. The lowest BCUT2D eigenvalue weighted by Gasteiger charge is -2.56. The summed E-state index contributed by atoms with van der Waals surface area (Å²) >= 11 is 0. The Morgan fingerprint density at radius 1 is 1.32 bits per heavy atom. The Labute approximate surface area is 111 Å². The van der Waals surface area contributed by atoms with Gasteiger partial charge in [-0.3, -0.25) is 4.79 Å². The largest absolute Gasteiger partial charge is 0.378 e. The SMILES string of the molecule is CN1CC2CC(C1)N2C(=O)C(O)c1ccc(F)cc1. The number of benzene rings is 1. The van der Waals surface area contributed by atoms with Crippen LogP contribution in [0.4, 0.5) is 4.39 Å². The van der Waals surface area contributed by atoms with E-state index < -0.39 is 6.10 Å². The molecule has 102 valence electrons. The lowest BCUT2D eigenvalue weighted by molar-refractivity contribution is -0.162. The van der Waals surface area contributed by atoms with E-state index in [-0.39, 0.29) is 23.8 Å². The average Bonchev–Trinajstić information content (AvgIpc) is 2.38. The second kappa shape index (κ2) is 4.58. The molecule has 1 aromatic carbocycles. The minimum Gasteiger partial charge on any atom is -0.378 e. The van der Waals surface area contributed by atoms with Crippen LogP contribution in [0.1, 0.15) is 18.1 Å². The van der Waals surface area contributed by atoms with Crippen LogP contribution in [0.3, 0.4) is 0 Å². The summed E-state index contributed by atoms with van der Waals surface area (Å²) in [5.74, 6) is -0.633. The summed E-state index contributed by atoms with van der Waals surface area (Å²) in [4.78, 5) is 16.3. The number of carbonyl (C=O) groups excluding carboxylic acids is 1. The zero-order valence-electron chi connectivity index (χ0n) is 10.8. The molecule has 0 radical (unpaired) electrons. The molecule has 0 spiro atoms. The van der Waals surface area contributed by atoms with Crippen molar-refractivity contribution >= 4 is 5.91 Å². The summed E-state index contributed by atoms with van der Waals surface area (Å²) in [5, 5.41) is 10.1. The van der Waals surface area contributed by atoms with Gasteiger partial charge in [-0.15, -0.1) is 0 Å². The number of carbonyl (C=O) groups is 1. The third kappa shape index (κ3) is 2.13. The van der Waals surface area contributed by atoms with Crippen LogP contribution in [-0.2, 0) is 4.79 Å². The minimum atomic E-state index is -1.19. The van der Waals surface area contributed by atoms with E-state index in [0.29, 0.717) is 5.56 Å². The highest BCUT2D eigenvalue weighted by atomic mass is 19.1. The topological polar surface area (TPSA) is 43.8 Å². The van der Waals surface area contributed by atoms with Gasteiger partial charge in [0, 0.05) is 25.2 Å². The Morgan fingerprint density at radius 2 is 1.89 bits per heavy atom. The number of rotatable bonds is 2. The molecule has 3 atom stereocenters. The Kier molecular flexibility index (Phi) is 3.03. The van der Waals surface area contributed by atoms with Crippen LogP contribution in [0, 0.1) is 5.82 Å². The van der Waals surface area contributed by atoms with Crippen molar-refractivity contribution in [2.24, 2.45) is 0 Å². The Bertz CT molecular complexity index is 479. The summed E-state index contributed by atoms with van der Waals surface area (Å²) in [7, 11) is 2.04. The molecule has 0 saturated carbocycles. The Morgan fingerprint density at radius 3 is 2.47 bits per heavy atom. The zero-order chi connectivity index (χ0) is 13.6. The lowest BCUT2D eigenvalue weighted by atomic mass is 9.86. The number of halogens is 1. The van der Waals surface area contributed by atoms with E-state index in [1.54, 1.807) is 4.90 Å². The van der Waals surface area contributed by atoms with Crippen LogP contribution in [0.5, 0.6) is 0 Å². The monoisotopic (exact) mass is 264 g/mol.